The fourth-order valence-corrected chi connectivity index (χ4v) is 18.1. The van der Waals surface area contributed by atoms with Crippen molar-refractivity contribution in [2.24, 2.45) is 0 Å². The van der Waals surface area contributed by atoms with Gasteiger partial charge in [0.2, 0.25) is 5.95 Å². The average molecular weight is 1130 g/mol. The minimum Gasteiger partial charge on any atom is -0.277 e. The quantitative estimate of drug-likeness (QED) is 0.176. The zero-order valence-electron chi connectivity index (χ0n) is 48.2. The van der Waals surface area contributed by atoms with E-state index in [1.807, 2.05) is 0 Å². The third kappa shape index (κ3) is 5.88. The number of para-hydroxylation sites is 1. The molecule has 0 saturated carbocycles. The van der Waals surface area contributed by atoms with Crippen LogP contribution < -0.4 is 0 Å². The molecule has 0 fully saturated rings. The maximum atomic E-state index is 5.87. The van der Waals surface area contributed by atoms with Crippen LogP contribution in [-0.4, -0.2) is 19.5 Å². The number of rotatable bonds is 4. The number of hydrogen-bond donors (Lipinski definition) is 0. The van der Waals surface area contributed by atoms with Gasteiger partial charge in [-0.25, -0.2) is 4.98 Å². The minimum atomic E-state index is -0.552. The van der Waals surface area contributed by atoms with Crippen LogP contribution in [0.4, 0.5) is 0 Å². The van der Waals surface area contributed by atoms with Crippen LogP contribution in [0.1, 0.15) is 78.6 Å². The second kappa shape index (κ2) is 17.2. The Kier molecular flexibility index (Phi) is 9.26. The summed E-state index contributed by atoms with van der Waals surface area (Å²) in [6, 6.07) is 109. The number of hydrogen-bond acceptors (Lipinski definition) is 3. The Balaban J connectivity index is 0.847. The molecule has 410 valence electrons. The van der Waals surface area contributed by atoms with E-state index >= 15 is 0 Å². The molecule has 2 spiro atoms. The van der Waals surface area contributed by atoms with Gasteiger partial charge in [-0.3, -0.25) is 4.57 Å². The van der Waals surface area contributed by atoms with E-state index in [0.717, 1.165) is 32.9 Å². The van der Waals surface area contributed by atoms with Crippen molar-refractivity contribution in [1.82, 2.24) is 19.5 Å². The molecule has 0 N–H and O–H groups in total. The lowest BCUT2D eigenvalue weighted by Crippen LogP contribution is -2.25. The van der Waals surface area contributed by atoms with Gasteiger partial charge in [0.15, 0.2) is 11.6 Å². The number of benzene rings is 13. The summed E-state index contributed by atoms with van der Waals surface area (Å²) >= 11 is 0. The Morgan fingerprint density at radius 3 is 1.15 bits per heavy atom. The summed E-state index contributed by atoms with van der Waals surface area (Å²) in [5.74, 6) is 1.98. The van der Waals surface area contributed by atoms with Gasteiger partial charge in [0.1, 0.15) is 0 Å². The maximum Gasteiger partial charge on any atom is 0.238 e. The van der Waals surface area contributed by atoms with Crippen LogP contribution in [0, 0.1) is 0 Å². The second-order valence-corrected chi connectivity index (χ2v) is 25.1. The van der Waals surface area contributed by atoms with Gasteiger partial charge in [-0.05, 0) is 146 Å². The third-order valence-electron chi connectivity index (χ3n) is 21.3. The topological polar surface area (TPSA) is 43.6 Å². The smallest absolute Gasteiger partial charge is 0.238 e. The number of fused-ring (bicyclic) bond motifs is 30. The van der Waals surface area contributed by atoms with Crippen molar-refractivity contribution in [3.63, 3.8) is 0 Å². The second-order valence-electron chi connectivity index (χ2n) is 25.1. The van der Waals surface area contributed by atoms with E-state index in [1.54, 1.807) is 0 Å². The highest BCUT2D eigenvalue weighted by atomic mass is 15.2. The van der Waals surface area contributed by atoms with Gasteiger partial charge >= 0.3 is 0 Å². The van der Waals surface area contributed by atoms with Crippen LogP contribution in [-0.2, 0) is 10.8 Å². The molecule has 89 heavy (non-hydrogen) atoms. The molecule has 1 atom stereocenters. The van der Waals surface area contributed by atoms with Crippen LogP contribution in [0.2, 0.25) is 0 Å². The van der Waals surface area contributed by atoms with Crippen molar-refractivity contribution in [3.8, 4) is 95.5 Å². The van der Waals surface area contributed by atoms with Gasteiger partial charge in [-0.1, -0.05) is 273 Å². The summed E-state index contributed by atoms with van der Waals surface area (Å²) in [5.41, 5.74) is 33.8. The molecule has 13 aromatic carbocycles. The number of aromatic nitrogens is 4. The van der Waals surface area contributed by atoms with E-state index in [0.29, 0.717) is 17.6 Å². The molecule has 4 heteroatoms. The molecule has 1 unspecified atom stereocenters. The van der Waals surface area contributed by atoms with E-state index in [4.69, 9.17) is 15.0 Å². The van der Waals surface area contributed by atoms with Crippen LogP contribution in [0.3, 0.4) is 0 Å². The molecule has 0 saturated heterocycles. The Morgan fingerprint density at radius 1 is 0.258 bits per heavy atom. The van der Waals surface area contributed by atoms with Crippen LogP contribution in [0.15, 0.2) is 291 Å². The number of nitrogens with zero attached hydrogens (tertiary/aromatic N) is 4. The van der Waals surface area contributed by atoms with Crippen molar-refractivity contribution in [1.29, 1.82) is 0 Å². The molecule has 15 aromatic rings. The lowest BCUT2D eigenvalue weighted by Gasteiger charge is -2.30. The van der Waals surface area contributed by atoms with Crippen molar-refractivity contribution >= 4 is 21.8 Å². The zero-order chi connectivity index (χ0) is 57.8. The molecule has 0 aliphatic heterocycles. The lowest BCUT2D eigenvalue weighted by molar-refractivity contribution is 0.724. The SMILES string of the molecule is c1ccc2c(c1)-c1ccccc1C2C1c2ccccc2-c2ccc(-c3nc(-c4ccc5c(c4)C4(c6ccccc6-c6ccccc64)c4ccccc4-5)nc(-n4c5ccccc5c5ccc6c(c54)-c4ccccc4C64c5ccccc5-c5ccccc54)n3)cc21. The molecule has 4 nitrogen and oxygen atoms in total. The summed E-state index contributed by atoms with van der Waals surface area (Å²) in [5, 5.41) is 2.30. The molecule has 6 aliphatic rings. The van der Waals surface area contributed by atoms with Crippen molar-refractivity contribution in [2.45, 2.75) is 22.7 Å². The molecule has 2 heterocycles. The summed E-state index contributed by atoms with van der Waals surface area (Å²) < 4.78 is 2.38. The summed E-state index contributed by atoms with van der Waals surface area (Å²) in [7, 11) is 0. The van der Waals surface area contributed by atoms with Crippen LogP contribution in [0.25, 0.3) is 117 Å². The van der Waals surface area contributed by atoms with Crippen LogP contribution >= 0.6 is 0 Å². The molecule has 6 aliphatic carbocycles. The lowest BCUT2D eigenvalue weighted by atomic mass is 9.70. The first-order valence-electron chi connectivity index (χ1n) is 31.2. The summed E-state index contributed by atoms with van der Waals surface area (Å²) in [6.07, 6.45) is 0. The highest BCUT2D eigenvalue weighted by Crippen LogP contribution is 2.66. The monoisotopic (exact) mass is 1130 g/mol. The van der Waals surface area contributed by atoms with E-state index in [-0.39, 0.29) is 11.8 Å². The largest absolute Gasteiger partial charge is 0.277 e. The molecule has 0 amide bonds. The highest BCUT2D eigenvalue weighted by molar-refractivity contribution is 6.16. The molecular weight excluding hydrogens is 1080 g/mol. The van der Waals surface area contributed by atoms with Gasteiger partial charge in [0, 0.05) is 39.3 Å². The first-order chi connectivity index (χ1) is 44.2. The Bertz CT molecular complexity index is 5530. The van der Waals surface area contributed by atoms with Gasteiger partial charge in [-0.2, -0.15) is 9.97 Å². The molecule has 2 aromatic heterocycles. The van der Waals surface area contributed by atoms with Crippen LogP contribution in [0.5, 0.6) is 0 Å². The summed E-state index contributed by atoms with van der Waals surface area (Å²) in [4.78, 5) is 17.5. The molecule has 0 radical (unpaired) electrons. The third-order valence-corrected chi connectivity index (χ3v) is 21.3. The maximum absolute atomic E-state index is 5.87. The van der Waals surface area contributed by atoms with Crippen molar-refractivity contribution in [3.05, 3.63) is 358 Å². The van der Waals surface area contributed by atoms with E-state index in [2.05, 4.69) is 296 Å². The van der Waals surface area contributed by atoms with Gasteiger partial charge in [0.25, 0.3) is 0 Å². The van der Waals surface area contributed by atoms with Gasteiger partial charge in [-0.15, -0.1) is 0 Å². The molecule has 0 bridgehead atoms. The first-order valence-corrected chi connectivity index (χ1v) is 31.2. The van der Waals surface area contributed by atoms with E-state index in [9.17, 15) is 0 Å². The van der Waals surface area contributed by atoms with Crippen molar-refractivity contribution in [2.75, 3.05) is 0 Å². The highest BCUT2D eigenvalue weighted by Gasteiger charge is 2.54. The van der Waals surface area contributed by atoms with Gasteiger partial charge in [0.05, 0.1) is 21.9 Å². The predicted octanol–water partition coefficient (Wildman–Crippen LogP) is 19.9. The molecular formula is C85H50N4. The first kappa shape index (κ1) is 47.9. The Labute approximate surface area is 514 Å². The van der Waals surface area contributed by atoms with E-state index in [1.165, 1.54) is 134 Å². The van der Waals surface area contributed by atoms with Crippen molar-refractivity contribution < 1.29 is 0 Å². The Morgan fingerprint density at radius 2 is 0.629 bits per heavy atom. The fourth-order valence-electron chi connectivity index (χ4n) is 18.1. The normalized spacial score (nSPS) is 15.4. The van der Waals surface area contributed by atoms with E-state index < -0.39 is 10.8 Å². The Hall–Kier alpha value is -11.3. The fraction of sp³-hybridized carbons (Fsp3) is 0.0471. The van der Waals surface area contributed by atoms with Gasteiger partial charge < -0.3 is 0 Å². The summed E-state index contributed by atoms with van der Waals surface area (Å²) in [6.45, 7) is 0. The molecule has 21 rings (SSSR count). The average Bonchev–Trinajstić information content (AvgIpc) is 1.63. The zero-order valence-corrected chi connectivity index (χ0v) is 48.2. The standard InChI is InChI=1S/C85H50N4/c1-4-30-62-51(21-1)52-22-2-5-31-63(52)77(62)78-64-32-6-3-23-53(64)54-43-41-49(47-67(54)78)81-86-82(50-42-44-60-59-28-11-18-38-72(59)85(75(60)48-50)70-36-16-9-26-57(70)58-27-10-17-37-71(58)85)88-83(87-81)89-76-40-20-13-29-61(76)65-45-46-74-79(80(65)89)66-33-12-19-39-73(66)84(74)68-34-14-7-24-55(68)56-25-8-15-35-69(56)84/h1-48,77-78H. The minimum absolute atomic E-state index is 0.0524. The predicted molar refractivity (Wildman–Crippen MR) is 359 cm³/mol.